The third-order valence-corrected chi connectivity index (χ3v) is 14.0. The molecular weight excluding hydrogens is 263 g/mol. The van der Waals surface area contributed by atoms with Gasteiger partial charge in [-0.15, -0.1) is 0 Å². The van der Waals surface area contributed by atoms with E-state index in [1.54, 1.807) is 0 Å². The zero-order chi connectivity index (χ0) is 9.62. The van der Waals surface area contributed by atoms with Gasteiger partial charge in [-0.2, -0.15) is 0 Å². The first kappa shape index (κ1) is 10.6. The van der Waals surface area contributed by atoms with Crippen molar-refractivity contribution in [1.29, 1.82) is 0 Å². The third-order valence-electron chi connectivity index (χ3n) is 3.24. The van der Waals surface area contributed by atoms with Crippen LogP contribution >= 0.6 is 18.4 Å². The Bertz CT molecular complexity index is 208. The molecule has 1 aliphatic heterocycles. The van der Waals surface area contributed by atoms with Gasteiger partial charge in [0.05, 0.1) is 0 Å². The molecule has 0 aromatic carbocycles. The third kappa shape index (κ3) is 1.37. The molecule has 0 saturated carbocycles. The van der Waals surface area contributed by atoms with Gasteiger partial charge < -0.3 is 0 Å². The van der Waals surface area contributed by atoms with Crippen LogP contribution in [0.15, 0.2) is 0 Å². The van der Waals surface area contributed by atoms with Crippen LogP contribution in [0.3, 0.4) is 0 Å². The van der Waals surface area contributed by atoms with Crippen molar-refractivity contribution in [2.75, 3.05) is 0 Å². The number of alkyl halides is 2. The van der Waals surface area contributed by atoms with Gasteiger partial charge >= 0.3 is 80.1 Å². The van der Waals surface area contributed by atoms with Crippen molar-refractivity contribution in [3.63, 3.8) is 0 Å². The quantitative estimate of drug-likeness (QED) is 0.535. The van der Waals surface area contributed by atoms with E-state index in [1.165, 1.54) is 6.42 Å². The van der Waals surface area contributed by atoms with Gasteiger partial charge in [-0.25, -0.2) is 0 Å². The fourth-order valence-electron chi connectivity index (χ4n) is 1.93. The fourth-order valence-corrected chi connectivity index (χ4v) is 8.43. The summed E-state index contributed by atoms with van der Waals surface area (Å²) in [6, 6.07) is 0. The van der Waals surface area contributed by atoms with Crippen molar-refractivity contribution in [3.8, 4) is 0 Å². The van der Waals surface area contributed by atoms with Gasteiger partial charge in [-0.1, -0.05) is 0 Å². The molecule has 0 aromatic rings. The topological polar surface area (TPSA) is 20.2 Å². The van der Waals surface area contributed by atoms with E-state index in [-0.39, 0.29) is 6.84 Å². The Balaban J connectivity index is 3.08. The van der Waals surface area contributed by atoms with Gasteiger partial charge in [0.2, 0.25) is 0 Å². The molecule has 0 bridgehead atoms. The number of hydrogen-bond donors (Lipinski definition) is 1. The summed E-state index contributed by atoms with van der Waals surface area (Å²) in [5, 5.41) is 0. The average molecular weight is 284 g/mol. The van der Waals surface area contributed by atoms with Crippen molar-refractivity contribution < 1.29 is 3.44 Å². The average Bonchev–Trinajstić information content (AvgIpc) is 1.83. The Kier molecular flexibility index (Phi) is 2.46. The van der Waals surface area contributed by atoms with Crippen LogP contribution in [0.1, 0.15) is 47.0 Å². The van der Waals surface area contributed by atoms with Crippen LogP contribution in [-0.4, -0.2) is 14.8 Å². The van der Waals surface area contributed by atoms with E-state index < -0.39 is 18.4 Å². The Labute approximate surface area is 80.1 Å². The zero-order valence-electron chi connectivity index (χ0n) is 8.65. The molecule has 1 N–H and O–H groups in total. The molecule has 2 heteroatoms. The molecule has 0 spiro atoms. The summed E-state index contributed by atoms with van der Waals surface area (Å²) in [6.45, 7) is 8.77. The second-order valence-electron chi connectivity index (χ2n) is 4.94. The Hall–Kier alpha value is 0.560. The molecule has 1 saturated heterocycles. The number of halogens is 1. The first-order chi connectivity index (χ1) is 5.21. The summed E-state index contributed by atoms with van der Waals surface area (Å²) < 4.78 is 14.9. The van der Waals surface area contributed by atoms with Gasteiger partial charge in [0.15, 0.2) is 0 Å². The molecule has 0 aromatic heterocycles. The van der Waals surface area contributed by atoms with Crippen LogP contribution in [0.4, 0.5) is 0 Å². The molecule has 0 aliphatic carbocycles. The molecule has 0 atom stereocenters. The predicted octanol–water partition coefficient (Wildman–Crippen LogP) is 3.11. The van der Waals surface area contributed by atoms with Crippen molar-refractivity contribution in [2.24, 2.45) is 0 Å². The van der Waals surface area contributed by atoms with Crippen molar-refractivity contribution in [2.45, 2.75) is 53.8 Å². The molecular formula is C10H21IO. The number of hydrogen-bond acceptors (Lipinski definition) is 1. The van der Waals surface area contributed by atoms with Crippen molar-refractivity contribution >= 4 is 22.9 Å². The molecule has 74 valence electrons. The second kappa shape index (κ2) is 2.77. The van der Waals surface area contributed by atoms with E-state index in [4.69, 9.17) is 0 Å². The fraction of sp³-hybridized carbons (Fsp3) is 0.900. The minimum absolute atomic E-state index is 0.133. The van der Waals surface area contributed by atoms with E-state index >= 15 is 0 Å². The Morgan fingerprint density at radius 3 is 1.67 bits per heavy atom. The standard InChI is InChI=1S/C10H21IO/c1-9(2)7-6-8-10(3,4)11(9,5)12/h12H,5-8H2,1-4H3. The molecule has 1 aliphatic rings. The van der Waals surface area contributed by atoms with Crippen LogP contribution in [0.5, 0.6) is 0 Å². The van der Waals surface area contributed by atoms with Gasteiger partial charge in [0.25, 0.3) is 0 Å². The minimum atomic E-state index is -2.74. The van der Waals surface area contributed by atoms with Crippen LogP contribution in [-0.2, 0) is 0 Å². The van der Waals surface area contributed by atoms with E-state index in [0.29, 0.717) is 0 Å². The van der Waals surface area contributed by atoms with Gasteiger partial charge in [-0.05, 0) is 0 Å². The van der Waals surface area contributed by atoms with Crippen LogP contribution in [0.25, 0.3) is 0 Å². The maximum absolute atomic E-state index is 10.5. The molecule has 1 heterocycles. The molecule has 1 nitrogen and oxygen atoms in total. The molecule has 12 heavy (non-hydrogen) atoms. The van der Waals surface area contributed by atoms with Gasteiger partial charge in [-0.3, -0.25) is 0 Å². The molecule has 0 unspecified atom stereocenters. The van der Waals surface area contributed by atoms with Crippen molar-refractivity contribution in [3.05, 3.63) is 0 Å². The van der Waals surface area contributed by atoms with Crippen molar-refractivity contribution in [1.82, 2.24) is 0 Å². The zero-order valence-corrected chi connectivity index (χ0v) is 10.8. The van der Waals surface area contributed by atoms with Gasteiger partial charge in [0.1, 0.15) is 0 Å². The van der Waals surface area contributed by atoms with E-state index in [2.05, 4.69) is 32.2 Å². The molecule has 1 fully saturated rings. The molecule has 0 radical (unpaired) electrons. The second-order valence-corrected chi connectivity index (χ2v) is 14.5. The summed E-state index contributed by atoms with van der Waals surface area (Å²) in [5.41, 5.74) is 0. The monoisotopic (exact) mass is 284 g/mol. The van der Waals surface area contributed by atoms with E-state index in [9.17, 15) is 3.44 Å². The molecule has 1 rings (SSSR count). The summed E-state index contributed by atoms with van der Waals surface area (Å²) in [7, 11) is 0. The summed E-state index contributed by atoms with van der Waals surface area (Å²) >= 11 is -2.74. The Morgan fingerprint density at radius 1 is 1.08 bits per heavy atom. The first-order valence-corrected chi connectivity index (χ1v) is 9.17. The predicted molar refractivity (Wildman–Crippen MR) is 65.4 cm³/mol. The Morgan fingerprint density at radius 2 is 1.42 bits per heavy atom. The normalized spacial score (nSPS) is 34.1. The summed E-state index contributed by atoms with van der Waals surface area (Å²) in [5.74, 6) is 0. The SMILES string of the molecule is C=I1(O)C(C)(C)CCCC1(C)C. The van der Waals surface area contributed by atoms with Crippen LogP contribution in [0, 0.1) is 0 Å². The van der Waals surface area contributed by atoms with E-state index in [1.807, 2.05) is 0 Å². The number of rotatable bonds is 0. The summed E-state index contributed by atoms with van der Waals surface area (Å²) in [6.07, 6.45) is 3.57. The van der Waals surface area contributed by atoms with Gasteiger partial charge in [0, 0.05) is 0 Å². The van der Waals surface area contributed by atoms with Crippen LogP contribution in [0.2, 0.25) is 0 Å². The van der Waals surface area contributed by atoms with Crippen LogP contribution < -0.4 is 0 Å². The summed E-state index contributed by atoms with van der Waals surface area (Å²) in [4.78, 5) is 0. The molecule has 0 amide bonds. The van der Waals surface area contributed by atoms with E-state index in [0.717, 1.165) is 12.8 Å². The maximum atomic E-state index is 10.5. The first-order valence-electron chi connectivity index (χ1n) is 4.52.